The summed E-state index contributed by atoms with van der Waals surface area (Å²) in [6.07, 6.45) is 5.21. The number of aryl methyl sites for hydroxylation is 1. The van der Waals surface area contributed by atoms with Gasteiger partial charge in [0.15, 0.2) is 5.82 Å². The van der Waals surface area contributed by atoms with Crippen molar-refractivity contribution in [2.45, 2.75) is 64.5 Å². The highest BCUT2D eigenvalue weighted by atomic mass is 32.1. The first-order valence-electron chi connectivity index (χ1n) is 14.5. The molecule has 2 bridgehead atoms. The smallest absolute Gasteiger partial charge is 0.293 e. The number of carbonyl (C=O) groups excluding carboxylic acids is 1. The lowest BCUT2D eigenvalue weighted by molar-refractivity contribution is 0.103. The van der Waals surface area contributed by atoms with E-state index in [1.165, 1.54) is 45.9 Å². The molecule has 2 heterocycles. The van der Waals surface area contributed by atoms with Gasteiger partial charge in [-0.3, -0.25) is 14.5 Å². The Labute approximate surface area is 249 Å². The first-order chi connectivity index (χ1) is 20.1. The molecular formula is C33H36FN5O2S. The van der Waals surface area contributed by atoms with E-state index in [0.29, 0.717) is 39.6 Å². The minimum Gasteiger partial charge on any atom is -0.336 e. The molecule has 1 amide bonds. The second-order valence-electron chi connectivity index (χ2n) is 11.9. The number of thiophene rings is 1. The molecule has 2 aliphatic rings. The molecule has 2 N–H and O–H groups in total. The Morgan fingerprint density at radius 2 is 1.90 bits per heavy atom. The van der Waals surface area contributed by atoms with Crippen LogP contribution in [0, 0.1) is 12.7 Å². The van der Waals surface area contributed by atoms with E-state index >= 15 is 4.39 Å². The molecule has 2 unspecified atom stereocenters. The normalized spacial score (nSPS) is 17.2. The molecule has 0 spiro atoms. The van der Waals surface area contributed by atoms with Crippen LogP contribution in [0.5, 0.6) is 0 Å². The van der Waals surface area contributed by atoms with Crippen LogP contribution in [0.15, 0.2) is 53.5 Å². The zero-order valence-electron chi connectivity index (χ0n) is 24.6. The van der Waals surface area contributed by atoms with Crippen molar-refractivity contribution in [2.75, 3.05) is 17.7 Å². The summed E-state index contributed by atoms with van der Waals surface area (Å²) in [6, 6.07) is 13.3. The van der Waals surface area contributed by atoms with Crippen LogP contribution in [0.2, 0.25) is 0 Å². The van der Waals surface area contributed by atoms with E-state index in [1.54, 1.807) is 37.6 Å². The van der Waals surface area contributed by atoms with Crippen LogP contribution in [0.1, 0.15) is 76.2 Å². The minimum atomic E-state index is -0.514. The lowest BCUT2D eigenvalue weighted by atomic mass is 9.99. The van der Waals surface area contributed by atoms with Crippen molar-refractivity contribution in [1.29, 1.82) is 0 Å². The third-order valence-corrected chi connectivity index (χ3v) is 10.1. The number of hydrogen-bond donors (Lipinski definition) is 2. The molecule has 0 radical (unpaired) electrons. The van der Waals surface area contributed by atoms with Gasteiger partial charge in [0.25, 0.3) is 11.5 Å². The number of carbonyl (C=O) groups is 1. The van der Waals surface area contributed by atoms with Crippen molar-refractivity contribution in [1.82, 2.24) is 14.5 Å². The fourth-order valence-corrected chi connectivity index (χ4v) is 7.36. The highest BCUT2D eigenvalue weighted by Gasteiger charge is 2.39. The molecule has 2 aliphatic carbocycles. The zero-order valence-corrected chi connectivity index (χ0v) is 25.4. The minimum absolute atomic E-state index is 0.126. The van der Waals surface area contributed by atoms with E-state index in [4.69, 9.17) is 0 Å². The number of hydrogen-bond acceptors (Lipinski definition) is 6. The third kappa shape index (κ3) is 5.27. The van der Waals surface area contributed by atoms with Crippen LogP contribution in [-0.4, -0.2) is 33.4 Å². The van der Waals surface area contributed by atoms with E-state index in [0.717, 1.165) is 12.2 Å². The number of nitrogens with zero attached hydrogens (tertiary/aromatic N) is 3. The Kier molecular flexibility index (Phi) is 7.49. The predicted octanol–water partition coefficient (Wildman–Crippen LogP) is 7.16. The summed E-state index contributed by atoms with van der Waals surface area (Å²) in [4.78, 5) is 35.0. The number of fused-ring (bicyclic) bond motifs is 5. The second kappa shape index (κ2) is 11.1. The molecule has 2 aromatic heterocycles. The summed E-state index contributed by atoms with van der Waals surface area (Å²) in [7, 11) is 3.75. The van der Waals surface area contributed by atoms with E-state index in [-0.39, 0.29) is 23.0 Å². The Balaban J connectivity index is 1.25. The number of aromatic nitrogens is 2. The summed E-state index contributed by atoms with van der Waals surface area (Å²) in [6.45, 7) is 6.89. The number of rotatable bonds is 8. The zero-order chi connectivity index (χ0) is 29.7. The van der Waals surface area contributed by atoms with Gasteiger partial charge in [-0.25, -0.2) is 9.37 Å². The molecule has 0 saturated heterocycles. The lowest BCUT2D eigenvalue weighted by Crippen LogP contribution is -2.25. The molecule has 2 atom stereocenters. The van der Waals surface area contributed by atoms with Gasteiger partial charge in [0.05, 0.1) is 16.3 Å². The van der Waals surface area contributed by atoms with E-state index < -0.39 is 5.82 Å². The molecule has 1 fully saturated rings. The highest BCUT2D eigenvalue weighted by molar-refractivity contribution is 7.14. The first kappa shape index (κ1) is 28.3. The number of anilines is 3. The van der Waals surface area contributed by atoms with E-state index in [2.05, 4.69) is 41.4 Å². The van der Waals surface area contributed by atoms with Crippen molar-refractivity contribution < 1.29 is 9.18 Å². The van der Waals surface area contributed by atoms with Crippen molar-refractivity contribution in [3.63, 3.8) is 0 Å². The van der Waals surface area contributed by atoms with Crippen molar-refractivity contribution in [3.8, 4) is 11.3 Å². The van der Waals surface area contributed by atoms with E-state index in [1.807, 2.05) is 30.3 Å². The van der Waals surface area contributed by atoms with Gasteiger partial charge in [0, 0.05) is 42.0 Å². The summed E-state index contributed by atoms with van der Waals surface area (Å²) in [5, 5.41) is 5.99. The van der Waals surface area contributed by atoms with Gasteiger partial charge in [-0.15, -0.1) is 11.3 Å². The molecule has 9 heteroatoms. The maximum Gasteiger partial charge on any atom is 0.293 e. The summed E-state index contributed by atoms with van der Waals surface area (Å²) < 4.78 is 16.5. The molecule has 1 saturated carbocycles. The second-order valence-corrected chi connectivity index (χ2v) is 13.0. The van der Waals surface area contributed by atoms with Gasteiger partial charge in [0.1, 0.15) is 5.82 Å². The molecule has 7 nitrogen and oxygen atoms in total. The van der Waals surface area contributed by atoms with Gasteiger partial charge in [0.2, 0.25) is 0 Å². The maximum atomic E-state index is 15.1. The fraction of sp³-hybridized carbons (Fsp3) is 0.364. The Hall–Kier alpha value is -3.82. The number of nitrogens with one attached hydrogen (secondary N) is 2. The topological polar surface area (TPSA) is 79.3 Å². The van der Waals surface area contributed by atoms with Crippen molar-refractivity contribution in [3.05, 3.63) is 91.3 Å². The van der Waals surface area contributed by atoms with E-state index in [9.17, 15) is 9.59 Å². The van der Waals surface area contributed by atoms with Crippen LogP contribution in [0.4, 0.5) is 21.6 Å². The largest absolute Gasteiger partial charge is 0.336 e. The molecule has 42 heavy (non-hydrogen) atoms. The first-order valence-corrected chi connectivity index (χ1v) is 15.3. The van der Waals surface area contributed by atoms with Crippen LogP contribution < -0.4 is 16.2 Å². The van der Waals surface area contributed by atoms with Gasteiger partial charge in [-0.05, 0) is 106 Å². The molecule has 6 rings (SSSR count). The average Bonchev–Trinajstić information content (AvgIpc) is 3.69. The quantitative estimate of drug-likeness (QED) is 0.229. The van der Waals surface area contributed by atoms with Crippen LogP contribution in [-0.2, 0) is 13.6 Å². The van der Waals surface area contributed by atoms with Crippen molar-refractivity contribution >= 4 is 34.4 Å². The van der Waals surface area contributed by atoms with Crippen LogP contribution in [0.25, 0.3) is 11.3 Å². The molecule has 0 aliphatic heterocycles. The maximum absolute atomic E-state index is 15.1. The predicted molar refractivity (Wildman–Crippen MR) is 168 cm³/mol. The third-order valence-electron chi connectivity index (χ3n) is 8.79. The summed E-state index contributed by atoms with van der Waals surface area (Å²) >= 11 is 1.54. The van der Waals surface area contributed by atoms with Gasteiger partial charge < -0.3 is 15.2 Å². The van der Waals surface area contributed by atoms with Gasteiger partial charge in [-0.2, -0.15) is 0 Å². The Bertz CT molecular complexity index is 1700. The Morgan fingerprint density at radius 1 is 1.17 bits per heavy atom. The molecule has 4 aromatic rings. The molecule has 218 valence electrons. The van der Waals surface area contributed by atoms with Gasteiger partial charge in [-0.1, -0.05) is 12.1 Å². The van der Waals surface area contributed by atoms with Crippen molar-refractivity contribution in [2.24, 2.45) is 7.05 Å². The average molecular weight is 586 g/mol. The lowest BCUT2D eigenvalue weighted by Gasteiger charge is -2.21. The number of amides is 1. The highest BCUT2D eigenvalue weighted by Crippen LogP contribution is 2.56. The molecule has 2 aromatic carbocycles. The standard InChI is InChI=1S/C33H36FN5O2S/c1-18(2)38(4)16-20-6-10-23(11-7-20)35-31-33(41)39(5)17-27(36-31)24-12-13-26(34)29(19(24)3)37-32(40)28-15-25-21-8-9-22(14-21)30(25)42-28/h6-7,10-13,15,17-18,21-22H,8-9,14,16H2,1-5H3,(H,35,36)(H,37,40). The number of benzene rings is 2. The fourth-order valence-electron chi connectivity index (χ4n) is 6.07. The monoisotopic (exact) mass is 585 g/mol. The number of halogens is 1. The van der Waals surface area contributed by atoms with Crippen LogP contribution in [0.3, 0.4) is 0 Å². The Morgan fingerprint density at radius 3 is 2.62 bits per heavy atom. The molecular weight excluding hydrogens is 549 g/mol. The van der Waals surface area contributed by atoms with Gasteiger partial charge >= 0.3 is 0 Å². The summed E-state index contributed by atoms with van der Waals surface area (Å²) in [5.74, 6) is 0.486. The summed E-state index contributed by atoms with van der Waals surface area (Å²) in [5.41, 5.74) is 4.73. The SMILES string of the molecule is Cc1c(-c2cn(C)c(=O)c(Nc3ccc(CN(C)C(C)C)cc3)n2)ccc(F)c1NC(=O)c1cc2c(s1)C1CCC2C1. The van der Waals surface area contributed by atoms with Crippen LogP contribution >= 0.6 is 11.3 Å².